The van der Waals surface area contributed by atoms with Crippen LogP contribution in [-0.2, 0) is 9.53 Å². The van der Waals surface area contributed by atoms with Crippen LogP contribution in [0.1, 0.15) is 71.6 Å². The van der Waals surface area contributed by atoms with Crippen molar-refractivity contribution >= 4 is 5.97 Å². The first-order valence-electron chi connectivity index (χ1n) is 11.1. The molecule has 5 rings (SSSR count). The molecule has 4 aliphatic carbocycles. The van der Waals surface area contributed by atoms with Gasteiger partial charge in [-0.2, -0.15) is 0 Å². The van der Waals surface area contributed by atoms with Crippen LogP contribution in [0.25, 0.3) is 0 Å². The van der Waals surface area contributed by atoms with E-state index in [9.17, 15) is 15.0 Å². The molecule has 2 N–H and O–H groups in total. The smallest absolute Gasteiger partial charge is 0.331 e. The zero-order chi connectivity index (χ0) is 19.0. The van der Waals surface area contributed by atoms with Crippen molar-refractivity contribution in [1.82, 2.24) is 0 Å². The van der Waals surface area contributed by atoms with Crippen LogP contribution in [0.3, 0.4) is 0 Å². The van der Waals surface area contributed by atoms with Gasteiger partial charge >= 0.3 is 5.97 Å². The molecule has 0 amide bonds. The highest BCUT2D eigenvalue weighted by Gasteiger charge is 2.67. The van der Waals surface area contributed by atoms with Gasteiger partial charge in [-0.3, -0.25) is 0 Å². The summed E-state index contributed by atoms with van der Waals surface area (Å²) >= 11 is 0. The largest absolute Gasteiger partial charge is 0.458 e. The molecule has 4 heteroatoms. The molecule has 5 aliphatic rings. The maximum Gasteiger partial charge on any atom is 0.331 e. The van der Waals surface area contributed by atoms with Crippen LogP contribution in [0.5, 0.6) is 0 Å². The SMILES string of the molecule is CC12CC[C@H]3[C@@H](CC[C@@H]4CC(O)CC[C@@]43C)C1(O)CCC2C1=CC(=O)OC1. The zero-order valence-corrected chi connectivity index (χ0v) is 16.7. The fourth-order valence-electron chi connectivity index (χ4n) is 8.39. The van der Waals surface area contributed by atoms with Crippen LogP contribution in [0.15, 0.2) is 11.6 Å². The Bertz CT molecular complexity index is 686. The van der Waals surface area contributed by atoms with Crippen molar-refractivity contribution in [2.24, 2.45) is 34.5 Å². The van der Waals surface area contributed by atoms with Crippen molar-refractivity contribution in [2.45, 2.75) is 83.3 Å². The number of carbonyl (C=O) groups is 1. The third-order valence-corrected chi connectivity index (χ3v) is 9.96. The fraction of sp³-hybridized carbons (Fsp3) is 0.870. The highest BCUT2D eigenvalue weighted by molar-refractivity contribution is 5.85. The molecule has 1 heterocycles. The van der Waals surface area contributed by atoms with Gasteiger partial charge in [0.25, 0.3) is 0 Å². The molecule has 27 heavy (non-hydrogen) atoms. The van der Waals surface area contributed by atoms with E-state index >= 15 is 0 Å². The number of cyclic esters (lactones) is 1. The molecule has 0 aromatic rings. The first-order chi connectivity index (χ1) is 12.8. The standard InChI is InChI=1S/C23H34O4/c1-21-8-5-16(24)12-15(21)3-4-19-18(21)6-9-22(2)17(7-10-23(19,22)26)14-11-20(25)27-13-14/h11,15-19,24,26H,3-10,12-13H2,1-2H3/t15-,16?,17?,18+,19-,21+,22?,23?/m1/s1. The number of aliphatic hydroxyl groups excluding tert-OH is 1. The van der Waals surface area contributed by atoms with Gasteiger partial charge in [0.2, 0.25) is 0 Å². The summed E-state index contributed by atoms with van der Waals surface area (Å²) in [5, 5.41) is 22.3. The average molecular weight is 375 g/mol. The van der Waals surface area contributed by atoms with E-state index in [4.69, 9.17) is 4.74 Å². The van der Waals surface area contributed by atoms with Crippen molar-refractivity contribution in [3.8, 4) is 0 Å². The molecular weight excluding hydrogens is 340 g/mol. The normalized spacial score (nSPS) is 54.6. The van der Waals surface area contributed by atoms with E-state index < -0.39 is 5.60 Å². The molecule has 4 fully saturated rings. The number of fused-ring (bicyclic) bond motifs is 5. The highest BCUT2D eigenvalue weighted by atomic mass is 16.5. The lowest BCUT2D eigenvalue weighted by Gasteiger charge is -2.63. The van der Waals surface area contributed by atoms with Crippen molar-refractivity contribution in [3.05, 3.63) is 11.6 Å². The van der Waals surface area contributed by atoms with Crippen LogP contribution in [0, 0.1) is 34.5 Å². The number of hydrogen-bond acceptors (Lipinski definition) is 4. The summed E-state index contributed by atoms with van der Waals surface area (Å²) in [5.41, 5.74) is 0.600. The molecule has 150 valence electrons. The second kappa shape index (κ2) is 5.82. The van der Waals surface area contributed by atoms with E-state index in [-0.39, 0.29) is 28.8 Å². The van der Waals surface area contributed by atoms with Gasteiger partial charge in [-0.15, -0.1) is 0 Å². The Kier molecular flexibility index (Phi) is 3.92. The number of ether oxygens (including phenoxy) is 1. The predicted octanol–water partition coefficient (Wildman–Crippen LogP) is 3.60. The summed E-state index contributed by atoms with van der Waals surface area (Å²) < 4.78 is 5.20. The lowest BCUT2D eigenvalue weighted by Crippen LogP contribution is -2.62. The predicted molar refractivity (Wildman–Crippen MR) is 102 cm³/mol. The van der Waals surface area contributed by atoms with E-state index in [1.54, 1.807) is 6.08 Å². The Hall–Kier alpha value is -0.870. The molecule has 0 aromatic carbocycles. The molecule has 0 spiro atoms. The average Bonchev–Trinajstić information content (AvgIpc) is 3.16. The van der Waals surface area contributed by atoms with Gasteiger partial charge < -0.3 is 14.9 Å². The Morgan fingerprint density at radius 3 is 2.59 bits per heavy atom. The maximum atomic E-state index is 12.1. The monoisotopic (exact) mass is 374 g/mol. The minimum atomic E-state index is -0.628. The number of esters is 1. The van der Waals surface area contributed by atoms with E-state index in [0.717, 1.165) is 56.9 Å². The summed E-state index contributed by atoms with van der Waals surface area (Å²) in [5.74, 6) is 1.59. The number of carbonyl (C=O) groups excluding carboxylic acids is 1. The van der Waals surface area contributed by atoms with E-state index in [1.165, 1.54) is 6.42 Å². The molecule has 0 aromatic heterocycles. The molecule has 4 saturated carbocycles. The number of aliphatic hydroxyl groups is 2. The summed E-state index contributed by atoms with van der Waals surface area (Å²) in [7, 11) is 0. The van der Waals surface area contributed by atoms with Crippen molar-refractivity contribution < 1.29 is 19.7 Å². The summed E-state index contributed by atoms with van der Waals surface area (Å²) in [6, 6.07) is 0. The molecule has 0 saturated heterocycles. The number of hydrogen-bond donors (Lipinski definition) is 2. The van der Waals surface area contributed by atoms with Gasteiger partial charge in [-0.05, 0) is 92.4 Å². The second-order valence-corrected chi connectivity index (χ2v) is 10.7. The Balaban J connectivity index is 1.47. The summed E-state index contributed by atoms with van der Waals surface area (Å²) in [6.45, 7) is 5.15. The first-order valence-corrected chi connectivity index (χ1v) is 11.1. The van der Waals surface area contributed by atoms with Gasteiger partial charge in [0, 0.05) is 11.5 Å². The third-order valence-electron chi connectivity index (χ3n) is 9.96. The Labute approximate surface area is 162 Å². The lowest BCUT2D eigenvalue weighted by molar-refractivity contribution is -0.208. The van der Waals surface area contributed by atoms with Gasteiger partial charge in [0.1, 0.15) is 6.61 Å². The summed E-state index contributed by atoms with van der Waals surface area (Å²) in [6.07, 6.45) is 10.8. The van der Waals surface area contributed by atoms with Crippen LogP contribution < -0.4 is 0 Å². The minimum Gasteiger partial charge on any atom is -0.458 e. The van der Waals surface area contributed by atoms with E-state index in [2.05, 4.69) is 13.8 Å². The molecule has 1 aliphatic heterocycles. The zero-order valence-electron chi connectivity index (χ0n) is 16.7. The third kappa shape index (κ3) is 2.32. The molecule has 8 atom stereocenters. The molecule has 0 radical (unpaired) electrons. The highest BCUT2D eigenvalue weighted by Crippen LogP contribution is 2.69. The van der Waals surface area contributed by atoms with Crippen molar-refractivity contribution in [1.29, 1.82) is 0 Å². The summed E-state index contributed by atoms with van der Waals surface area (Å²) in [4.78, 5) is 11.6. The quantitative estimate of drug-likeness (QED) is 0.688. The van der Waals surface area contributed by atoms with Gasteiger partial charge in [-0.1, -0.05) is 13.8 Å². The van der Waals surface area contributed by atoms with Crippen LogP contribution in [-0.4, -0.2) is 34.5 Å². The first kappa shape index (κ1) is 18.2. The molecular formula is C23H34O4. The van der Waals surface area contributed by atoms with Crippen LogP contribution >= 0.6 is 0 Å². The van der Waals surface area contributed by atoms with Crippen LogP contribution in [0.4, 0.5) is 0 Å². The fourth-order valence-corrected chi connectivity index (χ4v) is 8.39. The van der Waals surface area contributed by atoms with Gasteiger partial charge in [0.15, 0.2) is 0 Å². The second-order valence-electron chi connectivity index (χ2n) is 10.7. The Morgan fingerprint density at radius 1 is 1.04 bits per heavy atom. The maximum absolute atomic E-state index is 12.1. The topological polar surface area (TPSA) is 66.8 Å². The minimum absolute atomic E-state index is 0.126. The molecule has 0 bridgehead atoms. The van der Waals surface area contributed by atoms with Crippen LogP contribution in [0.2, 0.25) is 0 Å². The molecule has 4 unspecified atom stereocenters. The van der Waals surface area contributed by atoms with Gasteiger partial charge in [0.05, 0.1) is 11.7 Å². The molecule has 4 nitrogen and oxygen atoms in total. The lowest BCUT2D eigenvalue weighted by atomic mass is 9.43. The van der Waals surface area contributed by atoms with Gasteiger partial charge in [-0.25, -0.2) is 4.79 Å². The van der Waals surface area contributed by atoms with E-state index in [0.29, 0.717) is 24.4 Å². The van der Waals surface area contributed by atoms with E-state index in [1.807, 2.05) is 0 Å². The van der Waals surface area contributed by atoms with Crippen molar-refractivity contribution in [2.75, 3.05) is 6.61 Å². The number of rotatable bonds is 1. The van der Waals surface area contributed by atoms with Crippen molar-refractivity contribution in [3.63, 3.8) is 0 Å². The Morgan fingerprint density at radius 2 is 1.85 bits per heavy atom.